The van der Waals surface area contributed by atoms with Crippen molar-refractivity contribution < 1.29 is 14.3 Å². The molecule has 0 radical (unpaired) electrons. The van der Waals surface area contributed by atoms with Crippen LogP contribution in [0.1, 0.15) is 18.4 Å². The van der Waals surface area contributed by atoms with Gasteiger partial charge in [-0.2, -0.15) is 0 Å². The molecule has 1 N–H and O–H groups in total. The molecule has 0 aliphatic carbocycles. The number of carbonyl (C=O) groups excluding carboxylic acids is 2. The molecule has 0 bridgehead atoms. The summed E-state index contributed by atoms with van der Waals surface area (Å²) in [4.78, 5) is 26.1. The van der Waals surface area contributed by atoms with Crippen LogP contribution in [0.3, 0.4) is 0 Å². The number of benzene rings is 2. The Bertz CT molecular complexity index is 728. The molecule has 0 aromatic heterocycles. The van der Waals surface area contributed by atoms with Crippen LogP contribution in [0.25, 0.3) is 0 Å². The van der Waals surface area contributed by atoms with Crippen LogP contribution < -0.4 is 15.0 Å². The van der Waals surface area contributed by atoms with Gasteiger partial charge in [-0.05, 0) is 36.2 Å². The van der Waals surface area contributed by atoms with Gasteiger partial charge in [-0.15, -0.1) is 0 Å². The summed E-state index contributed by atoms with van der Waals surface area (Å²) >= 11 is 0. The van der Waals surface area contributed by atoms with Gasteiger partial charge in [0.15, 0.2) is 0 Å². The number of ether oxygens (including phenoxy) is 1. The Hall–Kier alpha value is -2.82. The average Bonchev–Trinajstić information content (AvgIpc) is 3.01. The van der Waals surface area contributed by atoms with Crippen LogP contribution in [0.4, 0.5) is 5.69 Å². The number of amides is 2. The maximum Gasteiger partial charge on any atom is 0.229 e. The number of nitrogens with zero attached hydrogens (tertiary/aromatic N) is 1. The molecule has 1 aliphatic rings. The molecule has 2 aromatic rings. The van der Waals surface area contributed by atoms with Crippen LogP contribution in [0.5, 0.6) is 5.75 Å². The van der Waals surface area contributed by atoms with Crippen molar-refractivity contribution in [1.29, 1.82) is 0 Å². The van der Waals surface area contributed by atoms with Crippen molar-refractivity contribution in [3.05, 3.63) is 60.2 Å². The first kappa shape index (κ1) is 17.0. The highest BCUT2D eigenvalue weighted by molar-refractivity contribution is 5.96. The smallest absolute Gasteiger partial charge is 0.229 e. The van der Waals surface area contributed by atoms with E-state index in [-0.39, 0.29) is 17.9 Å². The fraction of sp³-hybridized carbons (Fsp3) is 0.300. The Balaban J connectivity index is 1.49. The largest absolute Gasteiger partial charge is 0.497 e. The molecular weight excluding hydrogens is 316 g/mol. The SMILES string of the molecule is COc1ccc(CCC(=O)N[C@@H]2CC(=O)N(c3ccccc3)C2)cc1. The van der Waals surface area contributed by atoms with Crippen molar-refractivity contribution in [2.24, 2.45) is 0 Å². The predicted octanol–water partition coefficient (Wildman–Crippen LogP) is 2.55. The van der Waals surface area contributed by atoms with Gasteiger partial charge in [-0.3, -0.25) is 9.59 Å². The minimum absolute atomic E-state index is 0.0245. The number of carbonyl (C=O) groups is 2. The van der Waals surface area contributed by atoms with E-state index in [9.17, 15) is 9.59 Å². The molecule has 25 heavy (non-hydrogen) atoms. The molecule has 0 spiro atoms. The second-order valence-corrected chi connectivity index (χ2v) is 6.16. The van der Waals surface area contributed by atoms with Gasteiger partial charge in [0.25, 0.3) is 0 Å². The molecule has 1 saturated heterocycles. The molecular formula is C20H22N2O3. The summed E-state index contributed by atoms with van der Waals surface area (Å²) in [6.07, 6.45) is 1.42. The molecule has 1 fully saturated rings. The molecule has 0 unspecified atom stereocenters. The number of methoxy groups -OCH3 is 1. The summed E-state index contributed by atoms with van der Waals surface area (Å²) in [6.45, 7) is 0.525. The second kappa shape index (κ2) is 7.83. The highest BCUT2D eigenvalue weighted by atomic mass is 16.5. The predicted molar refractivity (Wildman–Crippen MR) is 96.7 cm³/mol. The topological polar surface area (TPSA) is 58.6 Å². The lowest BCUT2D eigenvalue weighted by Gasteiger charge is -2.17. The first-order chi connectivity index (χ1) is 12.2. The van der Waals surface area contributed by atoms with E-state index in [0.717, 1.165) is 17.0 Å². The van der Waals surface area contributed by atoms with Crippen LogP contribution in [0.15, 0.2) is 54.6 Å². The van der Waals surface area contributed by atoms with Gasteiger partial charge < -0.3 is 15.0 Å². The summed E-state index contributed by atoms with van der Waals surface area (Å²) in [6, 6.07) is 17.1. The second-order valence-electron chi connectivity index (χ2n) is 6.16. The van der Waals surface area contributed by atoms with Crippen LogP contribution >= 0.6 is 0 Å². The zero-order chi connectivity index (χ0) is 17.6. The molecule has 1 atom stereocenters. The van der Waals surface area contributed by atoms with E-state index in [4.69, 9.17) is 4.74 Å². The molecule has 2 aromatic carbocycles. The van der Waals surface area contributed by atoms with E-state index in [2.05, 4.69) is 5.32 Å². The molecule has 130 valence electrons. The monoisotopic (exact) mass is 338 g/mol. The Morgan fingerprint density at radius 2 is 1.88 bits per heavy atom. The van der Waals surface area contributed by atoms with Gasteiger partial charge in [-0.25, -0.2) is 0 Å². The maximum atomic E-state index is 12.2. The third kappa shape index (κ3) is 4.38. The van der Waals surface area contributed by atoms with Crippen molar-refractivity contribution in [3.63, 3.8) is 0 Å². The van der Waals surface area contributed by atoms with Gasteiger partial charge in [0.05, 0.1) is 13.2 Å². The minimum Gasteiger partial charge on any atom is -0.497 e. The van der Waals surface area contributed by atoms with Crippen LogP contribution in [-0.2, 0) is 16.0 Å². The zero-order valence-electron chi connectivity index (χ0n) is 14.3. The molecule has 0 saturated carbocycles. The molecule has 5 heteroatoms. The van der Waals surface area contributed by atoms with E-state index in [1.54, 1.807) is 12.0 Å². The van der Waals surface area contributed by atoms with E-state index >= 15 is 0 Å². The first-order valence-electron chi connectivity index (χ1n) is 8.43. The van der Waals surface area contributed by atoms with E-state index in [0.29, 0.717) is 25.8 Å². The van der Waals surface area contributed by atoms with Crippen molar-refractivity contribution in [2.45, 2.75) is 25.3 Å². The summed E-state index contributed by atoms with van der Waals surface area (Å²) in [5.74, 6) is 0.828. The summed E-state index contributed by atoms with van der Waals surface area (Å²) in [5, 5.41) is 2.98. The molecule has 1 aliphatic heterocycles. The van der Waals surface area contributed by atoms with Crippen molar-refractivity contribution in [3.8, 4) is 5.75 Å². The van der Waals surface area contributed by atoms with E-state index < -0.39 is 0 Å². The normalized spacial score (nSPS) is 16.8. The van der Waals surface area contributed by atoms with Gasteiger partial charge in [-0.1, -0.05) is 30.3 Å². The Kier molecular flexibility index (Phi) is 5.33. The molecule has 1 heterocycles. The number of hydrogen-bond donors (Lipinski definition) is 1. The van der Waals surface area contributed by atoms with E-state index in [1.807, 2.05) is 54.6 Å². The van der Waals surface area contributed by atoms with Crippen molar-refractivity contribution in [1.82, 2.24) is 5.32 Å². The average molecular weight is 338 g/mol. The van der Waals surface area contributed by atoms with Crippen molar-refractivity contribution in [2.75, 3.05) is 18.6 Å². The van der Waals surface area contributed by atoms with Gasteiger partial charge >= 0.3 is 0 Å². The minimum atomic E-state index is -0.129. The summed E-state index contributed by atoms with van der Waals surface area (Å²) < 4.78 is 5.12. The van der Waals surface area contributed by atoms with Crippen LogP contribution in [-0.4, -0.2) is 31.5 Å². The first-order valence-corrected chi connectivity index (χ1v) is 8.43. The Labute approximate surface area is 147 Å². The number of rotatable bonds is 6. The number of aryl methyl sites for hydroxylation is 1. The highest BCUT2D eigenvalue weighted by Crippen LogP contribution is 2.21. The van der Waals surface area contributed by atoms with Gasteiger partial charge in [0, 0.05) is 25.1 Å². The van der Waals surface area contributed by atoms with Crippen molar-refractivity contribution >= 4 is 17.5 Å². The lowest BCUT2D eigenvalue weighted by molar-refractivity contribution is -0.121. The fourth-order valence-electron chi connectivity index (χ4n) is 3.01. The number of anilines is 1. The fourth-order valence-corrected chi connectivity index (χ4v) is 3.01. The third-order valence-electron chi connectivity index (χ3n) is 4.36. The summed E-state index contributed by atoms with van der Waals surface area (Å²) in [7, 11) is 1.63. The Morgan fingerprint density at radius 1 is 1.16 bits per heavy atom. The standard InChI is InChI=1S/C20H22N2O3/c1-25-18-10-7-15(8-11-18)9-12-19(23)21-16-13-20(24)22(14-16)17-5-3-2-4-6-17/h2-8,10-11,16H,9,12-14H2,1H3,(H,21,23)/t16-/m1/s1. The van der Waals surface area contributed by atoms with Gasteiger partial charge in [0.1, 0.15) is 5.75 Å². The summed E-state index contributed by atoms with van der Waals surface area (Å²) in [5.41, 5.74) is 1.96. The molecule has 2 amide bonds. The maximum absolute atomic E-state index is 12.2. The lowest BCUT2D eigenvalue weighted by atomic mass is 10.1. The Morgan fingerprint density at radius 3 is 2.56 bits per heavy atom. The lowest BCUT2D eigenvalue weighted by Crippen LogP contribution is -2.37. The number of para-hydroxylation sites is 1. The number of hydrogen-bond acceptors (Lipinski definition) is 3. The third-order valence-corrected chi connectivity index (χ3v) is 4.36. The van der Waals surface area contributed by atoms with Crippen LogP contribution in [0.2, 0.25) is 0 Å². The quantitative estimate of drug-likeness (QED) is 0.881. The zero-order valence-corrected chi connectivity index (χ0v) is 14.3. The highest BCUT2D eigenvalue weighted by Gasteiger charge is 2.31. The van der Waals surface area contributed by atoms with E-state index in [1.165, 1.54) is 0 Å². The molecule has 3 rings (SSSR count). The number of nitrogens with one attached hydrogen (secondary N) is 1. The van der Waals surface area contributed by atoms with Gasteiger partial charge in [0.2, 0.25) is 11.8 Å². The molecule has 5 nitrogen and oxygen atoms in total. The van der Waals surface area contributed by atoms with Crippen LogP contribution in [0, 0.1) is 0 Å².